The summed E-state index contributed by atoms with van der Waals surface area (Å²) in [6.07, 6.45) is 1.51. The molecule has 124 valence electrons. The van der Waals surface area contributed by atoms with Gasteiger partial charge in [0.2, 0.25) is 0 Å². The van der Waals surface area contributed by atoms with Crippen LogP contribution in [0.1, 0.15) is 63.1 Å². The number of alkyl halides is 3. The van der Waals surface area contributed by atoms with Crippen molar-refractivity contribution in [3.63, 3.8) is 0 Å². The van der Waals surface area contributed by atoms with Crippen molar-refractivity contribution < 1.29 is 13.2 Å². The van der Waals surface area contributed by atoms with Crippen molar-refractivity contribution in [3.8, 4) is 0 Å². The molecule has 1 nitrogen and oxygen atoms in total. The van der Waals surface area contributed by atoms with Gasteiger partial charge in [-0.15, -0.1) is 0 Å². The second-order valence-corrected chi connectivity index (χ2v) is 6.70. The number of halogens is 3. The van der Waals surface area contributed by atoms with Gasteiger partial charge in [-0.3, -0.25) is 4.90 Å². The van der Waals surface area contributed by atoms with E-state index in [9.17, 15) is 13.2 Å². The maximum absolute atomic E-state index is 12.7. The Morgan fingerprint density at radius 3 is 2.05 bits per heavy atom. The van der Waals surface area contributed by atoms with Gasteiger partial charge in [0.1, 0.15) is 0 Å². The average Bonchev–Trinajstić information content (AvgIpc) is 2.48. The number of benzene rings is 1. The minimum Gasteiger partial charge on any atom is -0.296 e. The van der Waals surface area contributed by atoms with E-state index in [0.717, 1.165) is 31.5 Å². The van der Waals surface area contributed by atoms with Crippen LogP contribution in [0.2, 0.25) is 0 Å². The lowest BCUT2D eigenvalue weighted by atomic mass is 9.94. The van der Waals surface area contributed by atoms with Crippen LogP contribution in [0.3, 0.4) is 0 Å². The summed E-state index contributed by atoms with van der Waals surface area (Å²) in [5.74, 6) is 0.613. The predicted molar refractivity (Wildman–Crippen MR) is 83.7 cm³/mol. The molecule has 1 aromatic carbocycles. The van der Waals surface area contributed by atoms with Gasteiger partial charge in [0.05, 0.1) is 5.56 Å². The van der Waals surface area contributed by atoms with Crippen LogP contribution in [-0.4, -0.2) is 18.0 Å². The summed E-state index contributed by atoms with van der Waals surface area (Å²) < 4.78 is 38.2. The molecule has 1 aromatic rings. The maximum Gasteiger partial charge on any atom is 0.416 e. The van der Waals surface area contributed by atoms with Crippen LogP contribution in [-0.2, 0) is 6.18 Å². The van der Waals surface area contributed by atoms with E-state index in [1.165, 1.54) is 31.4 Å². The van der Waals surface area contributed by atoms with Crippen LogP contribution in [0.15, 0.2) is 24.3 Å². The lowest BCUT2D eigenvalue weighted by Gasteiger charge is -2.35. The third-order valence-electron chi connectivity index (χ3n) is 4.47. The van der Waals surface area contributed by atoms with Crippen LogP contribution in [0.25, 0.3) is 0 Å². The fourth-order valence-electron chi connectivity index (χ4n) is 3.18. The number of nitrogens with zero attached hydrogens (tertiary/aromatic N) is 1. The molecular weight excluding hydrogens is 287 g/mol. The third-order valence-corrected chi connectivity index (χ3v) is 4.47. The van der Waals surface area contributed by atoms with Gasteiger partial charge < -0.3 is 0 Å². The monoisotopic (exact) mass is 313 g/mol. The van der Waals surface area contributed by atoms with Crippen LogP contribution >= 0.6 is 0 Å². The second kappa shape index (κ2) is 7.49. The molecule has 0 N–H and O–H groups in total. The third kappa shape index (κ3) is 4.73. The Labute approximate surface area is 131 Å². The summed E-state index contributed by atoms with van der Waals surface area (Å²) in [4.78, 5) is 2.45. The smallest absolute Gasteiger partial charge is 0.296 e. The number of rotatable bonds is 5. The summed E-state index contributed by atoms with van der Waals surface area (Å²) >= 11 is 0. The van der Waals surface area contributed by atoms with Gasteiger partial charge in [-0.25, -0.2) is 0 Å². The van der Waals surface area contributed by atoms with E-state index in [-0.39, 0.29) is 6.04 Å². The number of hydrogen-bond donors (Lipinski definition) is 0. The first-order valence-corrected chi connectivity index (χ1v) is 8.29. The lowest BCUT2D eigenvalue weighted by Crippen LogP contribution is -2.34. The van der Waals surface area contributed by atoms with E-state index in [0.29, 0.717) is 5.92 Å². The van der Waals surface area contributed by atoms with Gasteiger partial charge in [-0.05, 0) is 62.4 Å². The minimum atomic E-state index is -4.25. The molecule has 2 rings (SSSR count). The molecule has 1 heterocycles. The molecule has 1 saturated heterocycles. The van der Waals surface area contributed by atoms with Crippen molar-refractivity contribution in [1.29, 1.82) is 0 Å². The summed E-state index contributed by atoms with van der Waals surface area (Å²) in [6, 6.07) is 6.04. The molecule has 0 bridgehead atoms. The van der Waals surface area contributed by atoms with Crippen molar-refractivity contribution in [1.82, 2.24) is 4.90 Å². The van der Waals surface area contributed by atoms with Crippen molar-refractivity contribution in [2.75, 3.05) is 13.1 Å². The van der Waals surface area contributed by atoms with Crippen LogP contribution < -0.4 is 0 Å². The van der Waals surface area contributed by atoms with Gasteiger partial charge in [0.15, 0.2) is 0 Å². The maximum atomic E-state index is 12.7. The molecule has 0 radical (unpaired) electrons. The van der Waals surface area contributed by atoms with Crippen molar-refractivity contribution in [3.05, 3.63) is 35.4 Å². The predicted octanol–water partition coefficient (Wildman–Crippen LogP) is 5.67. The Morgan fingerprint density at radius 1 is 0.955 bits per heavy atom. The summed E-state index contributed by atoms with van der Waals surface area (Å²) in [6.45, 7) is 6.51. The standard InChI is InChI=1S/C18H26F3N/c1-14(2)6-11-17(22-12-4-3-5-13-22)15-7-9-16(10-8-15)18(19,20)21/h7-10,14,17H,3-6,11-13H2,1-2H3. The Bertz CT molecular complexity index is 444. The first-order chi connectivity index (χ1) is 10.4. The Hall–Kier alpha value is -1.03. The van der Waals surface area contributed by atoms with Crippen molar-refractivity contribution in [2.24, 2.45) is 5.92 Å². The molecule has 4 heteroatoms. The van der Waals surface area contributed by atoms with Gasteiger partial charge in [-0.1, -0.05) is 32.4 Å². The van der Waals surface area contributed by atoms with E-state index in [1.807, 2.05) is 0 Å². The quantitative estimate of drug-likeness (QED) is 0.677. The molecule has 1 atom stereocenters. The zero-order valence-corrected chi connectivity index (χ0v) is 13.5. The zero-order chi connectivity index (χ0) is 16.2. The van der Waals surface area contributed by atoms with Crippen molar-refractivity contribution >= 4 is 0 Å². The molecule has 0 spiro atoms. The topological polar surface area (TPSA) is 3.24 Å². The van der Waals surface area contributed by atoms with E-state index in [2.05, 4.69) is 18.7 Å². The molecule has 0 aliphatic carbocycles. The van der Waals surface area contributed by atoms with Crippen molar-refractivity contribution in [2.45, 2.75) is 58.2 Å². The molecule has 1 unspecified atom stereocenters. The Balaban J connectivity index is 2.16. The number of likely N-dealkylation sites (tertiary alicyclic amines) is 1. The Morgan fingerprint density at radius 2 is 1.55 bits per heavy atom. The molecule has 1 fully saturated rings. The van der Waals surface area contributed by atoms with Crippen LogP contribution in [0, 0.1) is 5.92 Å². The Kier molecular flexibility index (Phi) is 5.90. The fourth-order valence-corrected chi connectivity index (χ4v) is 3.18. The summed E-state index contributed by atoms with van der Waals surface area (Å²) in [7, 11) is 0. The molecule has 22 heavy (non-hydrogen) atoms. The number of piperidine rings is 1. The highest BCUT2D eigenvalue weighted by Gasteiger charge is 2.30. The fraction of sp³-hybridized carbons (Fsp3) is 0.667. The highest BCUT2D eigenvalue weighted by molar-refractivity contribution is 5.27. The molecule has 1 aliphatic rings. The largest absolute Gasteiger partial charge is 0.416 e. The zero-order valence-electron chi connectivity index (χ0n) is 13.5. The lowest BCUT2D eigenvalue weighted by molar-refractivity contribution is -0.137. The average molecular weight is 313 g/mol. The number of hydrogen-bond acceptors (Lipinski definition) is 1. The van der Waals surface area contributed by atoms with Crippen LogP contribution in [0.4, 0.5) is 13.2 Å². The summed E-state index contributed by atoms with van der Waals surface area (Å²) in [5.41, 5.74) is 0.466. The molecule has 1 aliphatic heterocycles. The van der Waals surface area contributed by atoms with E-state index >= 15 is 0 Å². The minimum absolute atomic E-state index is 0.255. The van der Waals surface area contributed by atoms with E-state index < -0.39 is 11.7 Å². The highest BCUT2D eigenvalue weighted by Crippen LogP contribution is 2.33. The first kappa shape index (κ1) is 17.3. The van der Waals surface area contributed by atoms with Gasteiger partial charge in [0.25, 0.3) is 0 Å². The van der Waals surface area contributed by atoms with E-state index in [1.54, 1.807) is 12.1 Å². The van der Waals surface area contributed by atoms with Gasteiger partial charge >= 0.3 is 6.18 Å². The van der Waals surface area contributed by atoms with Gasteiger partial charge in [0, 0.05) is 6.04 Å². The molecule has 0 saturated carbocycles. The molecular formula is C18H26F3N. The van der Waals surface area contributed by atoms with E-state index in [4.69, 9.17) is 0 Å². The molecule has 0 aromatic heterocycles. The highest BCUT2D eigenvalue weighted by atomic mass is 19.4. The molecule has 0 amide bonds. The second-order valence-electron chi connectivity index (χ2n) is 6.70. The van der Waals surface area contributed by atoms with Crippen LogP contribution in [0.5, 0.6) is 0 Å². The normalized spacial score (nSPS) is 18.6. The van der Waals surface area contributed by atoms with Gasteiger partial charge in [-0.2, -0.15) is 13.2 Å². The SMILES string of the molecule is CC(C)CCC(c1ccc(C(F)(F)F)cc1)N1CCCCC1. The summed E-state index contributed by atoms with van der Waals surface area (Å²) in [5, 5.41) is 0. The first-order valence-electron chi connectivity index (χ1n) is 8.29.